The van der Waals surface area contributed by atoms with Gasteiger partial charge in [0.1, 0.15) is 18.1 Å². The molecular formula is C27H32N2O8. The summed E-state index contributed by atoms with van der Waals surface area (Å²) in [5.74, 6) is -5.01. The summed E-state index contributed by atoms with van der Waals surface area (Å²) in [6.07, 6.45) is 9.31. The lowest BCUT2D eigenvalue weighted by Gasteiger charge is -2.19. The van der Waals surface area contributed by atoms with Crippen LogP contribution < -0.4 is 10.1 Å². The van der Waals surface area contributed by atoms with Gasteiger partial charge in [-0.1, -0.05) is 37.6 Å². The van der Waals surface area contributed by atoms with Gasteiger partial charge in [0, 0.05) is 12.1 Å². The molecule has 0 aromatic carbocycles. The fraction of sp³-hybridized carbons (Fsp3) is 0.481. The van der Waals surface area contributed by atoms with Crippen LogP contribution in [0, 0.1) is 11.8 Å². The number of cyclic esters (lactones) is 2. The SMILES string of the molecule is COc1ccnc(C(=O)N[C@H]2COC(=O)C(CC3=CCCC=C3)CC(C)OC2=O)c1C(=O)C(=O)C(C)C. The summed E-state index contributed by atoms with van der Waals surface area (Å²) < 4.78 is 16.1. The first-order valence-electron chi connectivity index (χ1n) is 12.3. The van der Waals surface area contributed by atoms with E-state index < -0.39 is 60.0 Å². The number of esters is 2. The molecule has 2 heterocycles. The number of amides is 1. The maximum atomic E-state index is 13.2. The number of ketones is 2. The van der Waals surface area contributed by atoms with E-state index in [1.807, 2.05) is 12.2 Å². The van der Waals surface area contributed by atoms with Gasteiger partial charge < -0.3 is 19.5 Å². The molecule has 3 atom stereocenters. The number of methoxy groups -OCH3 is 1. The Labute approximate surface area is 215 Å². The molecule has 37 heavy (non-hydrogen) atoms. The van der Waals surface area contributed by atoms with Gasteiger partial charge in [-0.3, -0.25) is 24.2 Å². The lowest BCUT2D eigenvalue weighted by Crippen LogP contribution is -2.46. The summed E-state index contributed by atoms with van der Waals surface area (Å²) in [7, 11) is 1.29. The zero-order valence-electron chi connectivity index (χ0n) is 21.4. The van der Waals surface area contributed by atoms with Crippen molar-refractivity contribution in [2.45, 2.75) is 58.6 Å². The number of aromatic nitrogens is 1. The van der Waals surface area contributed by atoms with Crippen molar-refractivity contribution in [3.63, 3.8) is 0 Å². The van der Waals surface area contributed by atoms with Gasteiger partial charge in [-0.15, -0.1) is 0 Å². The summed E-state index contributed by atoms with van der Waals surface area (Å²) in [5.41, 5.74) is 0.323. The Morgan fingerprint density at radius 3 is 2.59 bits per heavy atom. The smallest absolute Gasteiger partial charge is 0.332 e. The summed E-state index contributed by atoms with van der Waals surface area (Å²) in [5, 5.41) is 2.44. The van der Waals surface area contributed by atoms with Crippen molar-refractivity contribution in [1.82, 2.24) is 10.3 Å². The molecule has 0 saturated carbocycles. The highest BCUT2D eigenvalue weighted by atomic mass is 16.6. The fourth-order valence-corrected chi connectivity index (χ4v) is 4.17. The van der Waals surface area contributed by atoms with Crippen molar-refractivity contribution in [3.8, 4) is 5.75 Å². The molecule has 1 aromatic rings. The van der Waals surface area contributed by atoms with Crippen LogP contribution in [-0.4, -0.2) is 60.3 Å². The molecule has 10 heteroatoms. The normalized spacial score (nSPS) is 22.1. The summed E-state index contributed by atoms with van der Waals surface area (Å²) in [4.78, 5) is 68.1. The maximum absolute atomic E-state index is 13.2. The monoisotopic (exact) mass is 512 g/mol. The van der Waals surface area contributed by atoms with Crippen molar-refractivity contribution in [2.75, 3.05) is 13.7 Å². The van der Waals surface area contributed by atoms with E-state index in [4.69, 9.17) is 14.2 Å². The Morgan fingerprint density at radius 2 is 1.95 bits per heavy atom. The number of rotatable bonds is 8. The van der Waals surface area contributed by atoms with E-state index in [-0.39, 0.29) is 23.4 Å². The zero-order valence-corrected chi connectivity index (χ0v) is 21.4. The fourth-order valence-electron chi connectivity index (χ4n) is 4.17. The number of ether oxygens (including phenoxy) is 3. The third-order valence-corrected chi connectivity index (χ3v) is 6.13. The van der Waals surface area contributed by atoms with Gasteiger partial charge in [-0.25, -0.2) is 4.79 Å². The zero-order chi connectivity index (χ0) is 27.1. The number of nitrogens with zero attached hydrogens (tertiary/aromatic N) is 1. The number of hydrogen-bond donors (Lipinski definition) is 1. The van der Waals surface area contributed by atoms with Gasteiger partial charge in [-0.2, -0.15) is 0 Å². The van der Waals surface area contributed by atoms with Crippen LogP contribution in [0.5, 0.6) is 5.75 Å². The largest absolute Gasteiger partial charge is 0.496 e. The van der Waals surface area contributed by atoms with Gasteiger partial charge >= 0.3 is 11.9 Å². The van der Waals surface area contributed by atoms with Gasteiger partial charge in [0.05, 0.1) is 24.7 Å². The number of nitrogens with one attached hydrogen (secondary N) is 1. The number of Topliss-reactive ketones (excluding diaryl/α,β-unsaturated/α-hetero) is 2. The Kier molecular flexibility index (Phi) is 9.32. The Bertz CT molecular complexity index is 1140. The molecule has 2 aliphatic rings. The Hall–Kier alpha value is -3.82. The van der Waals surface area contributed by atoms with Crippen molar-refractivity contribution in [3.05, 3.63) is 47.3 Å². The average Bonchev–Trinajstić information content (AvgIpc) is 2.93. The van der Waals surface area contributed by atoms with Crippen LogP contribution in [0.1, 0.15) is 67.3 Å². The highest BCUT2D eigenvalue weighted by Crippen LogP contribution is 2.26. The molecule has 1 fully saturated rings. The molecule has 0 radical (unpaired) electrons. The van der Waals surface area contributed by atoms with Crippen LogP contribution in [0.25, 0.3) is 0 Å². The first-order chi connectivity index (χ1) is 17.6. The van der Waals surface area contributed by atoms with Crippen LogP contribution >= 0.6 is 0 Å². The molecule has 0 bridgehead atoms. The average molecular weight is 513 g/mol. The minimum Gasteiger partial charge on any atom is -0.496 e. The number of hydrogen-bond acceptors (Lipinski definition) is 9. The highest BCUT2D eigenvalue weighted by Gasteiger charge is 2.35. The molecule has 1 saturated heterocycles. The third kappa shape index (κ3) is 6.90. The maximum Gasteiger partial charge on any atom is 0.332 e. The first-order valence-corrected chi connectivity index (χ1v) is 12.3. The van der Waals surface area contributed by atoms with E-state index in [0.717, 1.165) is 18.4 Å². The molecule has 1 N–H and O–H groups in total. The van der Waals surface area contributed by atoms with Gasteiger partial charge in [0.25, 0.3) is 5.91 Å². The van der Waals surface area contributed by atoms with Crippen LogP contribution in [-0.2, 0) is 23.9 Å². The second kappa shape index (κ2) is 12.4. The van der Waals surface area contributed by atoms with Crippen molar-refractivity contribution >= 4 is 29.4 Å². The predicted octanol–water partition coefficient (Wildman–Crippen LogP) is 2.76. The van der Waals surface area contributed by atoms with Crippen molar-refractivity contribution in [2.24, 2.45) is 11.8 Å². The van der Waals surface area contributed by atoms with E-state index in [0.29, 0.717) is 6.42 Å². The van der Waals surface area contributed by atoms with E-state index in [1.165, 1.54) is 19.4 Å². The molecule has 1 aliphatic heterocycles. The topological polar surface area (TPSA) is 138 Å². The molecule has 1 aromatic heterocycles. The molecule has 1 aliphatic carbocycles. The minimum absolute atomic E-state index is 0.00912. The Morgan fingerprint density at radius 1 is 1.19 bits per heavy atom. The lowest BCUT2D eigenvalue weighted by molar-refractivity contribution is -0.152. The standard InChI is InChI=1S/C27H32N2O8/c1-15(2)23(30)24(31)21-20(35-4)10-11-28-22(21)25(32)29-19-14-36-26(33)18(12-16(3)37-27(19)34)13-17-8-6-5-7-9-17/h6,8-11,15-16,18-19H,5,7,12-14H2,1-4H3,(H,29,32)/t16?,18?,19-/m0/s1. The van der Waals surface area contributed by atoms with Crippen molar-refractivity contribution in [1.29, 1.82) is 0 Å². The Balaban J connectivity index is 1.81. The minimum atomic E-state index is -1.34. The van der Waals surface area contributed by atoms with Crippen LogP contribution in [0.15, 0.2) is 36.1 Å². The highest BCUT2D eigenvalue weighted by molar-refractivity contribution is 6.45. The summed E-state index contributed by atoms with van der Waals surface area (Å²) in [6.45, 7) is 4.32. The molecule has 0 spiro atoms. The van der Waals surface area contributed by atoms with E-state index >= 15 is 0 Å². The second-order valence-electron chi connectivity index (χ2n) is 9.38. The van der Waals surface area contributed by atoms with Gasteiger partial charge in [-0.05, 0) is 38.7 Å². The molecular weight excluding hydrogens is 480 g/mol. The van der Waals surface area contributed by atoms with Gasteiger partial charge in [0.2, 0.25) is 11.6 Å². The number of carbonyl (C=O) groups excluding carboxylic acids is 5. The molecule has 2 unspecified atom stereocenters. The number of pyridine rings is 1. The van der Waals surface area contributed by atoms with E-state index in [1.54, 1.807) is 20.8 Å². The van der Waals surface area contributed by atoms with Crippen LogP contribution in [0.4, 0.5) is 0 Å². The number of allylic oxidation sites excluding steroid dienone is 4. The number of carbonyl (C=O) groups is 5. The molecule has 1 amide bonds. The second-order valence-corrected chi connectivity index (χ2v) is 9.38. The predicted molar refractivity (Wildman–Crippen MR) is 132 cm³/mol. The van der Waals surface area contributed by atoms with Crippen molar-refractivity contribution < 1.29 is 38.2 Å². The third-order valence-electron chi connectivity index (χ3n) is 6.13. The van der Waals surface area contributed by atoms with Crippen LogP contribution in [0.3, 0.4) is 0 Å². The van der Waals surface area contributed by atoms with Crippen LogP contribution in [0.2, 0.25) is 0 Å². The molecule has 3 rings (SSSR count). The molecule has 198 valence electrons. The summed E-state index contributed by atoms with van der Waals surface area (Å²) in [6, 6.07) is 0.00931. The lowest BCUT2D eigenvalue weighted by atomic mass is 9.91. The molecule has 10 nitrogen and oxygen atoms in total. The first kappa shape index (κ1) is 27.8. The summed E-state index contributed by atoms with van der Waals surface area (Å²) >= 11 is 0. The van der Waals surface area contributed by atoms with E-state index in [9.17, 15) is 24.0 Å². The van der Waals surface area contributed by atoms with E-state index in [2.05, 4.69) is 16.4 Å². The van der Waals surface area contributed by atoms with Gasteiger partial charge in [0.15, 0.2) is 6.04 Å². The quantitative estimate of drug-likeness (QED) is 0.316.